The van der Waals surface area contributed by atoms with Gasteiger partial charge in [0, 0.05) is 12.5 Å². The predicted molar refractivity (Wildman–Crippen MR) is 105 cm³/mol. The summed E-state index contributed by atoms with van der Waals surface area (Å²) in [5.74, 6) is 2.14. The number of halogens is 1. The molecule has 1 aromatic carbocycles. The highest BCUT2D eigenvalue weighted by Crippen LogP contribution is 2.40. The molecule has 0 spiro atoms. The molecule has 0 amide bonds. The molecule has 6 nitrogen and oxygen atoms in total. The van der Waals surface area contributed by atoms with Crippen molar-refractivity contribution in [1.29, 1.82) is 0 Å². The van der Waals surface area contributed by atoms with E-state index in [2.05, 4.69) is 11.9 Å². The van der Waals surface area contributed by atoms with Crippen molar-refractivity contribution in [2.75, 3.05) is 41.5 Å². The number of rotatable bonds is 5. The first-order chi connectivity index (χ1) is 12.6. The number of esters is 1. The fourth-order valence-corrected chi connectivity index (χ4v) is 4.33. The Morgan fingerprint density at radius 2 is 1.70 bits per heavy atom. The van der Waals surface area contributed by atoms with Crippen LogP contribution >= 0.6 is 12.4 Å². The normalized spacial score (nSPS) is 25.0. The van der Waals surface area contributed by atoms with Crippen LogP contribution in [0, 0.1) is 11.8 Å². The van der Waals surface area contributed by atoms with Crippen molar-refractivity contribution < 1.29 is 23.7 Å². The number of benzene rings is 1. The van der Waals surface area contributed by atoms with E-state index in [9.17, 15) is 4.79 Å². The number of ether oxygens (including phenoxy) is 4. The van der Waals surface area contributed by atoms with Crippen molar-refractivity contribution in [2.24, 2.45) is 11.8 Å². The van der Waals surface area contributed by atoms with Gasteiger partial charge in [-0.15, -0.1) is 12.4 Å². The number of nitrogens with zero attached hydrogens (tertiary/aromatic N) is 1. The fourth-order valence-electron chi connectivity index (χ4n) is 4.33. The van der Waals surface area contributed by atoms with Crippen LogP contribution in [0.15, 0.2) is 12.1 Å². The van der Waals surface area contributed by atoms with Crippen molar-refractivity contribution in [3.8, 4) is 17.2 Å². The van der Waals surface area contributed by atoms with E-state index in [4.69, 9.17) is 18.9 Å². The van der Waals surface area contributed by atoms with Gasteiger partial charge >= 0.3 is 5.97 Å². The van der Waals surface area contributed by atoms with Crippen molar-refractivity contribution in [2.45, 2.75) is 31.8 Å². The van der Waals surface area contributed by atoms with Gasteiger partial charge in [0.05, 0.1) is 26.9 Å². The van der Waals surface area contributed by atoms with Crippen LogP contribution in [0.3, 0.4) is 0 Å². The molecule has 7 heteroatoms. The summed E-state index contributed by atoms with van der Waals surface area (Å²) < 4.78 is 21.9. The Bertz CT molecular complexity index is 628. The van der Waals surface area contributed by atoms with Gasteiger partial charge < -0.3 is 23.8 Å². The van der Waals surface area contributed by atoms with Crippen molar-refractivity contribution in [3.63, 3.8) is 0 Å². The number of likely N-dealkylation sites (tertiary alicyclic amines) is 1. The molecule has 152 valence electrons. The molecule has 0 N–H and O–H groups in total. The second-order valence-corrected chi connectivity index (χ2v) is 7.26. The monoisotopic (exact) mass is 399 g/mol. The van der Waals surface area contributed by atoms with Gasteiger partial charge in [-0.05, 0) is 57.3 Å². The Labute approximate surface area is 167 Å². The Hall–Kier alpha value is -1.66. The Kier molecular flexibility index (Phi) is 7.62. The zero-order valence-corrected chi connectivity index (χ0v) is 17.3. The molecule has 1 aliphatic heterocycles. The summed E-state index contributed by atoms with van der Waals surface area (Å²) in [6.45, 7) is 2.13. The van der Waals surface area contributed by atoms with Gasteiger partial charge in [0.25, 0.3) is 0 Å². The van der Waals surface area contributed by atoms with Gasteiger partial charge in [0.1, 0.15) is 6.10 Å². The number of hydrogen-bond donors (Lipinski definition) is 0. The largest absolute Gasteiger partial charge is 0.493 e. The summed E-state index contributed by atoms with van der Waals surface area (Å²) in [4.78, 5) is 15.2. The third-order valence-corrected chi connectivity index (χ3v) is 5.71. The minimum atomic E-state index is -0.330. The molecule has 0 radical (unpaired) electrons. The van der Waals surface area contributed by atoms with Crippen LogP contribution < -0.4 is 14.2 Å². The van der Waals surface area contributed by atoms with Gasteiger partial charge in [-0.1, -0.05) is 0 Å². The standard InChI is InChI=1S/C20H29NO5.ClH/c1-21-9-8-13-6-5-7-16(15(13)12-21)26-20(22)14-10-17(23-2)19(25-4)18(11-14)24-3;/h10-11,13,15-16H,5-9,12H2,1-4H3;1H. The Balaban J connectivity index is 0.00000261. The molecule has 1 heterocycles. The van der Waals surface area contributed by atoms with E-state index in [0.717, 1.165) is 25.9 Å². The molecule has 3 atom stereocenters. The van der Waals surface area contributed by atoms with Crippen LogP contribution in [-0.4, -0.2) is 58.4 Å². The Morgan fingerprint density at radius 1 is 1.04 bits per heavy atom. The molecular weight excluding hydrogens is 370 g/mol. The van der Waals surface area contributed by atoms with Crippen LogP contribution in [0.5, 0.6) is 17.2 Å². The topological polar surface area (TPSA) is 57.2 Å². The van der Waals surface area contributed by atoms with Crippen LogP contribution in [0.25, 0.3) is 0 Å². The predicted octanol–water partition coefficient (Wildman–Crippen LogP) is 3.41. The number of carbonyl (C=O) groups is 1. The molecule has 0 bridgehead atoms. The molecule has 1 saturated carbocycles. The van der Waals surface area contributed by atoms with E-state index in [-0.39, 0.29) is 24.5 Å². The molecule has 1 aliphatic carbocycles. The number of fused-ring (bicyclic) bond motifs is 1. The fraction of sp³-hybridized carbons (Fsp3) is 0.650. The quantitative estimate of drug-likeness (QED) is 0.707. The minimum absolute atomic E-state index is 0. The first kappa shape index (κ1) is 21.6. The highest BCUT2D eigenvalue weighted by molar-refractivity contribution is 5.91. The van der Waals surface area contributed by atoms with Crippen molar-refractivity contribution in [3.05, 3.63) is 17.7 Å². The molecule has 3 rings (SSSR count). The molecule has 3 unspecified atom stereocenters. The summed E-state index contributed by atoms with van der Waals surface area (Å²) in [5.41, 5.74) is 0.422. The Morgan fingerprint density at radius 3 is 2.30 bits per heavy atom. The van der Waals surface area contributed by atoms with E-state index >= 15 is 0 Å². The third-order valence-electron chi connectivity index (χ3n) is 5.71. The van der Waals surface area contributed by atoms with Gasteiger partial charge in [0.2, 0.25) is 5.75 Å². The highest BCUT2D eigenvalue weighted by Gasteiger charge is 2.38. The number of piperidine rings is 1. The first-order valence-electron chi connectivity index (χ1n) is 9.27. The lowest BCUT2D eigenvalue weighted by molar-refractivity contribution is -0.0366. The van der Waals surface area contributed by atoms with Crippen LogP contribution in [0.4, 0.5) is 0 Å². The van der Waals surface area contributed by atoms with E-state index in [1.54, 1.807) is 19.2 Å². The van der Waals surface area contributed by atoms with E-state index in [1.807, 2.05) is 0 Å². The highest BCUT2D eigenvalue weighted by atomic mass is 35.5. The lowest BCUT2D eigenvalue weighted by Gasteiger charge is -2.43. The van der Waals surface area contributed by atoms with E-state index < -0.39 is 0 Å². The zero-order chi connectivity index (χ0) is 18.7. The molecule has 1 saturated heterocycles. The van der Waals surface area contributed by atoms with E-state index in [0.29, 0.717) is 34.6 Å². The average Bonchev–Trinajstić information content (AvgIpc) is 2.67. The number of hydrogen-bond acceptors (Lipinski definition) is 6. The SMILES string of the molecule is COc1cc(C(=O)OC2CCCC3CCN(C)CC32)cc(OC)c1OC.Cl. The molecule has 2 aliphatic rings. The summed E-state index contributed by atoms with van der Waals surface area (Å²) in [5, 5.41) is 0. The lowest BCUT2D eigenvalue weighted by atomic mass is 9.73. The molecular formula is C20H30ClNO5. The summed E-state index contributed by atoms with van der Waals surface area (Å²) in [6.07, 6.45) is 4.47. The second-order valence-electron chi connectivity index (χ2n) is 7.26. The smallest absolute Gasteiger partial charge is 0.338 e. The summed E-state index contributed by atoms with van der Waals surface area (Å²) >= 11 is 0. The van der Waals surface area contributed by atoms with Crippen LogP contribution in [0.1, 0.15) is 36.0 Å². The van der Waals surface area contributed by atoms with E-state index in [1.165, 1.54) is 27.1 Å². The van der Waals surface area contributed by atoms with Crippen LogP contribution in [0.2, 0.25) is 0 Å². The minimum Gasteiger partial charge on any atom is -0.493 e. The first-order valence-corrected chi connectivity index (χ1v) is 9.27. The maximum absolute atomic E-state index is 12.8. The number of methoxy groups -OCH3 is 3. The molecule has 2 fully saturated rings. The van der Waals surface area contributed by atoms with Gasteiger partial charge in [-0.25, -0.2) is 4.79 Å². The molecule has 0 aromatic heterocycles. The third kappa shape index (κ3) is 4.61. The average molecular weight is 400 g/mol. The lowest BCUT2D eigenvalue weighted by Crippen LogP contribution is -2.47. The summed E-state index contributed by atoms with van der Waals surface area (Å²) in [6, 6.07) is 3.30. The van der Waals surface area contributed by atoms with Gasteiger partial charge in [0.15, 0.2) is 11.5 Å². The van der Waals surface area contributed by atoms with Crippen LogP contribution in [-0.2, 0) is 4.74 Å². The zero-order valence-electron chi connectivity index (χ0n) is 16.5. The van der Waals surface area contributed by atoms with Gasteiger partial charge in [-0.3, -0.25) is 0 Å². The summed E-state index contributed by atoms with van der Waals surface area (Å²) in [7, 11) is 6.76. The molecule has 27 heavy (non-hydrogen) atoms. The number of carbonyl (C=O) groups excluding carboxylic acids is 1. The second kappa shape index (κ2) is 9.51. The maximum Gasteiger partial charge on any atom is 0.338 e. The molecule has 1 aromatic rings. The maximum atomic E-state index is 12.8. The van der Waals surface area contributed by atoms with Crippen molar-refractivity contribution in [1.82, 2.24) is 4.90 Å². The van der Waals surface area contributed by atoms with Gasteiger partial charge in [-0.2, -0.15) is 0 Å². The van der Waals surface area contributed by atoms with Crippen molar-refractivity contribution >= 4 is 18.4 Å².